The van der Waals surface area contributed by atoms with E-state index < -0.39 is 86.8 Å². The lowest BCUT2D eigenvalue weighted by atomic mass is 9.97. The summed E-state index contributed by atoms with van der Waals surface area (Å²) in [6, 6.07) is -0.933. The highest BCUT2D eigenvalue weighted by molar-refractivity contribution is 5.76. The fourth-order valence-corrected chi connectivity index (χ4v) is 8.85. The smallest absolute Gasteiger partial charge is 0.220 e. The zero-order chi connectivity index (χ0) is 49.6. The summed E-state index contributed by atoms with van der Waals surface area (Å²) in [5.41, 5.74) is 0. The Bertz CT molecular complexity index is 1280. The van der Waals surface area contributed by atoms with E-state index in [9.17, 15) is 45.6 Å². The fraction of sp³-hybridized carbons (Fsp3) is 0.870. The molecule has 2 aliphatic heterocycles. The zero-order valence-electron chi connectivity index (χ0n) is 42.3. The van der Waals surface area contributed by atoms with Crippen LogP contribution in [-0.2, 0) is 23.7 Å². The van der Waals surface area contributed by atoms with Crippen LogP contribution in [0.5, 0.6) is 0 Å². The summed E-state index contributed by atoms with van der Waals surface area (Å²) >= 11 is 0. The Morgan fingerprint density at radius 3 is 1.44 bits per heavy atom. The molecule has 0 radical (unpaired) electrons. The summed E-state index contributed by atoms with van der Waals surface area (Å²) in [6.07, 6.45) is 30.5. The monoisotopic (exact) mass is 970 g/mol. The molecule has 9 N–H and O–H groups in total. The number of amides is 1. The van der Waals surface area contributed by atoms with Crippen molar-refractivity contribution in [1.82, 2.24) is 5.32 Å². The van der Waals surface area contributed by atoms with Crippen molar-refractivity contribution < 1.29 is 64.6 Å². The lowest BCUT2D eigenvalue weighted by Gasteiger charge is -2.46. The first-order chi connectivity index (χ1) is 33.1. The Morgan fingerprint density at radius 1 is 0.515 bits per heavy atom. The summed E-state index contributed by atoms with van der Waals surface area (Å²) < 4.78 is 22.7. The van der Waals surface area contributed by atoms with E-state index in [4.69, 9.17) is 18.9 Å². The highest BCUT2D eigenvalue weighted by Crippen LogP contribution is 2.30. The predicted octanol–water partition coefficient (Wildman–Crippen LogP) is 7.88. The van der Waals surface area contributed by atoms with E-state index in [1.54, 1.807) is 6.08 Å². The topological polar surface area (TPSA) is 228 Å². The minimum Gasteiger partial charge on any atom is -0.394 e. The van der Waals surface area contributed by atoms with Crippen LogP contribution in [-0.4, -0.2) is 140 Å². The normalized spacial score (nSPS) is 26.6. The molecular formula is C54H99NO13. The largest absolute Gasteiger partial charge is 0.394 e. The molecule has 0 aliphatic carbocycles. The second-order valence-corrected chi connectivity index (χ2v) is 19.3. The standard InChI is InChI=1S/C54H99NO13/c1-3-5-7-9-11-13-15-16-17-18-19-20-21-22-23-24-25-26-28-29-31-33-35-37-43(58)42(55-46(59)38-36-34-32-30-27-14-12-10-8-6-4-2)41-65-53-51(64)49(62)52(45(40-57)67-53)68-54-50(63)48(61)47(60)44(39-56)66-54/h23-24,28-29,35,37,42-45,47-54,56-58,60-64H,3-22,25-27,30-34,36,38-41H2,1-2H3,(H,55,59)/b24-23+,29-28+,37-35+. The molecule has 12 atom stereocenters. The number of carbonyl (C=O) groups is 1. The average Bonchev–Trinajstić information content (AvgIpc) is 3.34. The molecule has 12 unspecified atom stereocenters. The van der Waals surface area contributed by atoms with E-state index in [1.807, 2.05) is 6.08 Å². The Hall–Kier alpha value is -1.79. The van der Waals surface area contributed by atoms with Crippen LogP contribution in [0.4, 0.5) is 0 Å². The summed E-state index contributed by atoms with van der Waals surface area (Å²) in [7, 11) is 0. The van der Waals surface area contributed by atoms with Gasteiger partial charge in [-0.3, -0.25) is 4.79 Å². The van der Waals surface area contributed by atoms with Gasteiger partial charge in [0.15, 0.2) is 12.6 Å². The first-order valence-corrected chi connectivity index (χ1v) is 27.2. The summed E-state index contributed by atoms with van der Waals surface area (Å²) in [5, 5.41) is 86.7. The minimum absolute atomic E-state index is 0.255. The van der Waals surface area contributed by atoms with E-state index in [0.29, 0.717) is 12.8 Å². The summed E-state index contributed by atoms with van der Waals surface area (Å²) in [5.74, 6) is -0.255. The van der Waals surface area contributed by atoms with Gasteiger partial charge in [-0.25, -0.2) is 0 Å². The molecule has 398 valence electrons. The average molecular weight is 970 g/mol. The molecule has 2 rings (SSSR count). The molecule has 2 heterocycles. The SMILES string of the molecule is CCCCCCCCCCCCCCC/C=C/CC/C=C/CC/C=C/C(O)C(COC1OC(CO)C(OC2OC(CO)C(O)C(O)C2O)C(O)C1O)NC(=O)CCCCCCCCCCCCC. The number of ether oxygens (including phenoxy) is 4. The third-order valence-corrected chi connectivity index (χ3v) is 13.3. The van der Waals surface area contributed by atoms with Crippen LogP contribution in [0.15, 0.2) is 36.5 Å². The van der Waals surface area contributed by atoms with E-state index in [0.717, 1.165) is 44.9 Å². The van der Waals surface area contributed by atoms with Crippen molar-refractivity contribution in [3.8, 4) is 0 Å². The highest BCUT2D eigenvalue weighted by atomic mass is 16.7. The van der Waals surface area contributed by atoms with Gasteiger partial charge in [-0.15, -0.1) is 0 Å². The van der Waals surface area contributed by atoms with Crippen molar-refractivity contribution in [2.24, 2.45) is 0 Å². The molecule has 2 fully saturated rings. The molecule has 0 saturated carbocycles. The van der Waals surface area contributed by atoms with E-state index in [2.05, 4.69) is 43.5 Å². The number of hydrogen-bond acceptors (Lipinski definition) is 13. The Kier molecular flexibility index (Phi) is 37.4. The van der Waals surface area contributed by atoms with Crippen molar-refractivity contribution in [1.29, 1.82) is 0 Å². The van der Waals surface area contributed by atoms with Crippen LogP contribution < -0.4 is 5.32 Å². The quantitative estimate of drug-likeness (QED) is 0.0210. The molecule has 0 aromatic rings. The van der Waals surface area contributed by atoms with E-state index >= 15 is 0 Å². The predicted molar refractivity (Wildman–Crippen MR) is 268 cm³/mol. The molecular weight excluding hydrogens is 871 g/mol. The van der Waals surface area contributed by atoms with Crippen LogP contribution >= 0.6 is 0 Å². The molecule has 0 aromatic heterocycles. The second-order valence-electron chi connectivity index (χ2n) is 19.3. The third-order valence-electron chi connectivity index (χ3n) is 13.3. The van der Waals surface area contributed by atoms with Gasteiger partial charge < -0.3 is 65.1 Å². The van der Waals surface area contributed by atoms with Gasteiger partial charge in [0.1, 0.15) is 48.8 Å². The lowest BCUT2D eigenvalue weighted by Crippen LogP contribution is -2.65. The van der Waals surface area contributed by atoms with Crippen LogP contribution in [0.25, 0.3) is 0 Å². The maximum absolute atomic E-state index is 13.1. The number of allylic oxidation sites excluding steroid dienone is 5. The number of carbonyl (C=O) groups excluding carboxylic acids is 1. The molecule has 2 saturated heterocycles. The molecule has 0 bridgehead atoms. The van der Waals surface area contributed by atoms with E-state index in [1.165, 1.54) is 128 Å². The Labute approximate surface area is 411 Å². The maximum atomic E-state index is 13.1. The molecule has 14 nitrogen and oxygen atoms in total. The Morgan fingerprint density at radius 2 is 0.941 bits per heavy atom. The molecule has 1 amide bonds. The summed E-state index contributed by atoms with van der Waals surface area (Å²) in [4.78, 5) is 13.1. The van der Waals surface area contributed by atoms with Gasteiger partial charge in [0, 0.05) is 6.42 Å². The van der Waals surface area contributed by atoms with Gasteiger partial charge >= 0.3 is 0 Å². The van der Waals surface area contributed by atoms with Crippen molar-refractivity contribution >= 4 is 5.91 Å². The molecule has 0 aromatic carbocycles. The third kappa shape index (κ3) is 27.1. The second kappa shape index (κ2) is 40.8. The van der Waals surface area contributed by atoms with Crippen LogP contribution in [0.1, 0.15) is 206 Å². The van der Waals surface area contributed by atoms with Crippen LogP contribution in [0, 0.1) is 0 Å². The number of hydrogen-bond donors (Lipinski definition) is 9. The molecule has 68 heavy (non-hydrogen) atoms. The number of aliphatic hydroxyl groups excluding tert-OH is 8. The van der Waals surface area contributed by atoms with Crippen molar-refractivity contribution in [3.63, 3.8) is 0 Å². The molecule has 14 heteroatoms. The van der Waals surface area contributed by atoms with Gasteiger partial charge in [-0.2, -0.15) is 0 Å². The minimum atomic E-state index is -1.79. The molecule has 0 spiro atoms. The van der Waals surface area contributed by atoms with Crippen LogP contribution in [0.2, 0.25) is 0 Å². The number of nitrogens with one attached hydrogen (secondary N) is 1. The maximum Gasteiger partial charge on any atom is 0.220 e. The number of unbranched alkanes of at least 4 members (excludes halogenated alkanes) is 25. The van der Waals surface area contributed by atoms with Crippen molar-refractivity contribution in [3.05, 3.63) is 36.5 Å². The van der Waals surface area contributed by atoms with E-state index in [-0.39, 0.29) is 18.9 Å². The lowest BCUT2D eigenvalue weighted by molar-refractivity contribution is -0.359. The van der Waals surface area contributed by atoms with Gasteiger partial charge in [0.25, 0.3) is 0 Å². The van der Waals surface area contributed by atoms with Gasteiger partial charge in [-0.05, 0) is 44.9 Å². The van der Waals surface area contributed by atoms with Crippen molar-refractivity contribution in [2.45, 2.75) is 280 Å². The van der Waals surface area contributed by atoms with Gasteiger partial charge in [-0.1, -0.05) is 192 Å². The fourth-order valence-electron chi connectivity index (χ4n) is 8.85. The van der Waals surface area contributed by atoms with Gasteiger partial charge in [0.05, 0.1) is 32.0 Å². The first kappa shape index (κ1) is 62.3. The summed E-state index contributed by atoms with van der Waals surface area (Å²) in [6.45, 7) is 2.75. The number of rotatable bonds is 42. The first-order valence-electron chi connectivity index (χ1n) is 27.2. The zero-order valence-corrected chi connectivity index (χ0v) is 42.3. The highest BCUT2D eigenvalue weighted by Gasteiger charge is 2.51. The van der Waals surface area contributed by atoms with Crippen LogP contribution in [0.3, 0.4) is 0 Å². The van der Waals surface area contributed by atoms with Crippen molar-refractivity contribution in [2.75, 3.05) is 19.8 Å². The van der Waals surface area contributed by atoms with Gasteiger partial charge in [0.2, 0.25) is 5.91 Å². The number of aliphatic hydroxyl groups is 8. The molecule has 2 aliphatic rings. The Balaban J connectivity index is 1.81.